The van der Waals surface area contributed by atoms with Crippen LogP contribution < -0.4 is 15.9 Å². The molecule has 0 saturated carbocycles. The molecule has 0 unspecified atom stereocenters. The largest absolute Gasteiger partial charge is 0.264 e. The van der Waals surface area contributed by atoms with E-state index in [0.717, 1.165) is 12.6 Å². The molecule has 132 valence electrons. The van der Waals surface area contributed by atoms with Crippen LogP contribution in [0.15, 0.2) is 116 Å². The Labute approximate surface area is 162 Å². The molecule has 0 bridgehead atoms. The van der Waals surface area contributed by atoms with Gasteiger partial charge in [-0.2, -0.15) is 0 Å². The molecule has 0 aliphatic rings. The van der Waals surface area contributed by atoms with E-state index >= 15 is 0 Å². The molecule has 0 N–H and O–H groups in total. The molecule has 1 heterocycles. The van der Waals surface area contributed by atoms with Gasteiger partial charge in [-0.3, -0.25) is 4.98 Å². The van der Waals surface area contributed by atoms with Gasteiger partial charge >= 0.3 is 0 Å². The number of aromatic nitrogens is 1. The molecule has 3 aromatic carbocycles. The van der Waals surface area contributed by atoms with Crippen LogP contribution in [0.4, 0.5) is 0 Å². The maximum absolute atomic E-state index is 4.32. The lowest BCUT2D eigenvalue weighted by atomic mass is 10.2. The summed E-state index contributed by atoms with van der Waals surface area (Å²) in [4.78, 5) is 4.32. The van der Waals surface area contributed by atoms with Gasteiger partial charge in [-0.05, 0) is 48.0 Å². The SMILES string of the molecule is c1ccc([P+](CCc2cccnc2)(c2ccccc2)c2ccccc2)cc1. The molecular weight excluding hydrogens is 345 g/mol. The monoisotopic (exact) mass is 368 g/mol. The van der Waals surface area contributed by atoms with E-state index in [4.69, 9.17) is 0 Å². The minimum absolute atomic E-state index is 1.01. The van der Waals surface area contributed by atoms with E-state index in [1.54, 1.807) is 0 Å². The molecule has 1 nitrogen and oxygen atoms in total. The van der Waals surface area contributed by atoms with Crippen LogP contribution in [0.25, 0.3) is 0 Å². The molecule has 1 aromatic heterocycles. The third-order valence-corrected chi connectivity index (χ3v) is 9.48. The van der Waals surface area contributed by atoms with E-state index in [9.17, 15) is 0 Å². The number of rotatable bonds is 6. The first-order valence-electron chi connectivity index (χ1n) is 9.33. The second kappa shape index (κ2) is 8.29. The molecule has 2 heteroatoms. The van der Waals surface area contributed by atoms with Gasteiger partial charge in [0.1, 0.15) is 23.2 Å². The lowest BCUT2D eigenvalue weighted by molar-refractivity contribution is 1.11. The molecule has 0 aliphatic carbocycles. The summed E-state index contributed by atoms with van der Waals surface area (Å²) in [5.74, 6) is 0. The van der Waals surface area contributed by atoms with Gasteiger partial charge in [0.15, 0.2) is 0 Å². The summed E-state index contributed by atoms with van der Waals surface area (Å²) in [6.07, 6.45) is 5.95. The number of hydrogen-bond acceptors (Lipinski definition) is 1. The fourth-order valence-corrected chi connectivity index (χ4v) is 8.03. The summed E-state index contributed by atoms with van der Waals surface area (Å²) in [7, 11) is -1.75. The fourth-order valence-electron chi connectivity index (χ4n) is 3.72. The van der Waals surface area contributed by atoms with Crippen molar-refractivity contribution in [3.05, 3.63) is 121 Å². The molecule has 4 rings (SSSR count). The smallest absolute Gasteiger partial charge is 0.112 e. The first kappa shape index (κ1) is 17.6. The van der Waals surface area contributed by atoms with Crippen molar-refractivity contribution in [2.45, 2.75) is 6.42 Å². The van der Waals surface area contributed by atoms with Gasteiger partial charge in [0.25, 0.3) is 0 Å². The molecule has 0 amide bonds. The third kappa shape index (κ3) is 3.70. The minimum atomic E-state index is -1.75. The van der Waals surface area contributed by atoms with Gasteiger partial charge in [0.05, 0.1) is 6.16 Å². The second-order valence-corrected chi connectivity index (χ2v) is 10.3. The normalized spacial score (nSPS) is 11.3. The average molecular weight is 368 g/mol. The topological polar surface area (TPSA) is 12.9 Å². The number of benzene rings is 3. The summed E-state index contributed by atoms with van der Waals surface area (Å²) >= 11 is 0. The van der Waals surface area contributed by atoms with E-state index in [0.29, 0.717) is 0 Å². The standard InChI is InChI=1S/C25H23NP/c1-4-12-23(13-5-1)27(24-14-6-2-7-15-24,25-16-8-3-9-17-25)20-18-22-11-10-19-26-21-22/h1-17,19,21H,18,20H2/q+1. The maximum Gasteiger partial charge on any atom is 0.112 e. The van der Waals surface area contributed by atoms with E-state index in [1.807, 2.05) is 18.5 Å². The van der Waals surface area contributed by atoms with Crippen molar-refractivity contribution in [2.24, 2.45) is 0 Å². The van der Waals surface area contributed by atoms with Crippen LogP contribution in [-0.2, 0) is 6.42 Å². The molecule has 0 aliphatic heterocycles. The Morgan fingerprint density at radius 3 is 1.44 bits per heavy atom. The molecule has 4 aromatic rings. The van der Waals surface area contributed by atoms with Crippen molar-refractivity contribution in [1.82, 2.24) is 4.98 Å². The zero-order valence-corrected chi connectivity index (χ0v) is 16.2. The predicted molar refractivity (Wildman–Crippen MR) is 118 cm³/mol. The average Bonchev–Trinajstić information content (AvgIpc) is 2.77. The number of pyridine rings is 1. The van der Waals surface area contributed by atoms with Crippen LogP contribution in [0.1, 0.15) is 5.56 Å². The van der Waals surface area contributed by atoms with Crippen molar-refractivity contribution in [1.29, 1.82) is 0 Å². The van der Waals surface area contributed by atoms with Crippen LogP contribution in [-0.4, -0.2) is 11.1 Å². The third-order valence-electron chi connectivity index (χ3n) is 5.05. The van der Waals surface area contributed by atoms with Crippen LogP contribution in [0, 0.1) is 0 Å². The van der Waals surface area contributed by atoms with Crippen molar-refractivity contribution in [3.63, 3.8) is 0 Å². The van der Waals surface area contributed by atoms with E-state index in [-0.39, 0.29) is 0 Å². The summed E-state index contributed by atoms with van der Waals surface area (Å²) in [5, 5.41) is 4.31. The van der Waals surface area contributed by atoms with Crippen molar-refractivity contribution >= 4 is 23.2 Å². The Bertz CT molecular complexity index is 857. The Kier molecular flexibility index (Phi) is 5.42. The van der Waals surface area contributed by atoms with Gasteiger partial charge in [0, 0.05) is 18.8 Å². The first-order valence-corrected chi connectivity index (χ1v) is 11.3. The Balaban J connectivity index is 1.89. The van der Waals surface area contributed by atoms with E-state index < -0.39 is 7.26 Å². The summed E-state index contributed by atoms with van der Waals surface area (Å²) in [6.45, 7) is 0. The molecule has 0 atom stereocenters. The molecule has 0 fully saturated rings. The van der Waals surface area contributed by atoms with Crippen LogP contribution >= 0.6 is 7.26 Å². The van der Waals surface area contributed by atoms with Crippen LogP contribution in [0.3, 0.4) is 0 Å². The van der Waals surface area contributed by atoms with Gasteiger partial charge in [-0.25, -0.2) is 0 Å². The Morgan fingerprint density at radius 2 is 1.04 bits per heavy atom. The zero-order valence-electron chi connectivity index (χ0n) is 15.3. The molecule has 0 saturated heterocycles. The lowest BCUT2D eigenvalue weighted by Gasteiger charge is -2.27. The first-order chi connectivity index (χ1) is 13.4. The number of hydrogen-bond donors (Lipinski definition) is 0. The van der Waals surface area contributed by atoms with Crippen molar-refractivity contribution < 1.29 is 0 Å². The van der Waals surface area contributed by atoms with Crippen LogP contribution in [0.5, 0.6) is 0 Å². The van der Waals surface area contributed by atoms with E-state index in [2.05, 4.69) is 102 Å². The highest BCUT2D eigenvalue weighted by Gasteiger charge is 2.44. The highest BCUT2D eigenvalue weighted by molar-refractivity contribution is 7.95. The minimum Gasteiger partial charge on any atom is -0.264 e. The molecule has 0 spiro atoms. The van der Waals surface area contributed by atoms with Gasteiger partial charge < -0.3 is 0 Å². The fraction of sp³-hybridized carbons (Fsp3) is 0.0800. The highest BCUT2D eigenvalue weighted by atomic mass is 31.2. The number of aryl methyl sites for hydroxylation is 1. The molecular formula is C25H23NP+. The highest BCUT2D eigenvalue weighted by Crippen LogP contribution is 2.55. The second-order valence-electron chi connectivity index (χ2n) is 6.65. The summed E-state index contributed by atoms with van der Waals surface area (Å²) in [5.41, 5.74) is 1.30. The molecule has 27 heavy (non-hydrogen) atoms. The van der Waals surface area contributed by atoms with Gasteiger partial charge in [-0.1, -0.05) is 60.7 Å². The van der Waals surface area contributed by atoms with Crippen molar-refractivity contribution in [3.8, 4) is 0 Å². The summed E-state index contributed by atoms with van der Waals surface area (Å²) < 4.78 is 0. The zero-order chi connectivity index (χ0) is 18.4. The Morgan fingerprint density at radius 1 is 0.556 bits per heavy atom. The lowest BCUT2D eigenvalue weighted by Crippen LogP contribution is -2.34. The number of nitrogens with zero attached hydrogens (tertiary/aromatic N) is 1. The Hall–Kier alpha value is -2.76. The van der Waals surface area contributed by atoms with Gasteiger partial charge in [-0.15, -0.1) is 0 Å². The van der Waals surface area contributed by atoms with E-state index in [1.165, 1.54) is 21.5 Å². The molecule has 0 radical (unpaired) electrons. The summed E-state index contributed by atoms with van der Waals surface area (Å²) in [6, 6.07) is 37.3. The van der Waals surface area contributed by atoms with Crippen molar-refractivity contribution in [2.75, 3.05) is 6.16 Å². The van der Waals surface area contributed by atoms with Gasteiger partial charge in [0.2, 0.25) is 0 Å². The van der Waals surface area contributed by atoms with Crippen LogP contribution in [0.2, 0.25) is 0 Å². The quantitative estimate of drug-likeness (QED) is 0.453. The predicted octanol–water partition coefficient (Wildman–Crippen LogP) is 4.62. The maximum atomic E-state index is 4.32.